The minimum Gasteiger partial charge on any atom is -0.290 e. The van der Waals surface area contributed by atoms with Crippen LogP contribution in [0, 0.1) is 12.3 Å². The van der Waals surface area contributed by atoms with E-state index >= 15 is 0 Å². The summed E-state index contributed by atoms with van der Waals surface area (Å²) in [6.45, 7) is 12.4. The van der Waals surface area contributed by atoms with Crippen LogP contribution < -0.4 is 0 Å². The fraction of sp³-hybridized carbons (Fsp3) is 0.708. The SMILES string of the molecule is C#CCC.CC.CC/C=C\C/C=C\CCCC(=O)C(F)(F)F.CCCCCC. The van der Waals surface area contributed by atoms with Gasteiger partial charge in [-0.05, 0) is 25.7 Å². The van der Waals surface area contributed by atoms with Gasteiger partial charge in [0, 0.05) is 12.8 Å². The molecule has 0 N–H and O–H groups in total. The normalized spacial score (nSPS) is 10.1. The lowest BCUT2D eigenvalue weighted by Crippen LogP contribution is -2.22. The molecule has 0 aromatic heterocycles. The van der Waals surface area contributed by atoms with E-state index in [2.05, 4.69) is 19.8 Å². The molecule has 0 aromatic rings. The van der Waals surface area contributed by atoms with Crippen molar-refractivity contribution in [1.29, 1.82) is 0 Å². The molecule has 0 aliphatic heterocycles. The van der Waals surface area contributed by atoms with Crippen LogP contribution in [0.4, 0.5) is 13.2 Å². The van der Waals surface area contributed by atoms with Crippen LogP contribution in [0.15, 0.2) is 24.3 Å². The number of rotatable bonds is 10. The fourth-order valence-corrected chi connectivity index (χ4v) is 1.58. The zero-order chi connectivity index (χ0) is 22.7. The number of hydrogen-bond acceptors (Lipinski definition) is 1. The Labute approximate surface area is 172 Å². The van der Waals surface area contributed by atoms with Crippen molar-refractivity contribution in [1.82, 2.24) is 0 Å². The van der Waals surface area contributed by atoms with Crippen LogP contribution in [-0.2, 0) is 4.79 Å². The maximum atomic E-state index is 11.8. The second-order valence-corrected chi connectivity index (χ2v) is 5.66. The molecule has 0 saturated carbocycles. The van der Waals surface area contributed by atoms with Gasteiger partial charge in [0.2, 0.25) is 5.78 Å². The van der Waals surface area contributed by atoms with Crippen molar-refractivity contribution in [2.45, 2.75) is 112 Å². The van der Waals surface area contributed by atoms with Crippen molar-refractivity contribution in [3.63, 3.8) is 0 Å². The van der Waals surface area contributed by atoms with Crippen molar-refractivity contribution in [2.24, 2.45) is 0 Å². The zero-order valence-electron chi connectivity index (χ0n) is 19.0. The van der Waals surface area contributed by atoms with Gasteiger partial charge in [-0.3, -0.25) is 4.79 Å². The summed E-state index contributed by atoms with van der Waals surface area (Å²) in [6, 6.07) is 0. The number of terminal acetylenes is 1. The third kappa shape index (κ3) is 39.5. The molecule has 0 aliphatic rings. The lowest BCUT2D eigenvalue weighted by atomic mass is 10.1. The molecule has 0 unspecified atom stereocenters. The molecule has 0 heterocycles. The van der Waals surface area contributed by atoms with Gasteiger partial charge in [-0.25, -0.2) is 0 Å². The van der Waals surface area contributed by atoms with Gasteiger partial charge in [0.25, 0.3) is 0 Å². The topological polar surface area (TPSA) is 17.1 Å². The minimum absolute atomic E-state index is 0.256. The molecule has 0 spiro atoms. The number of carbonyl (C=O) groups is 1. The molecule has 0 amide bonds. The first-order chi connectivity index (χ1) is 13.3. The predicted molar refractivity (Wildman–Crippen MR) is 118 cm³/mol. The molecular formula is C24H43F3O. The highest BCUT2D eigenvalue weighted by Crippen LogP contribution is 2.19. The first kappa shape index (κ1) is 34.0. The molecule has 0 rings (SSSR count). The maximum absolute atomic E-state index is 11.8. The molecule has 0 aromatic carbocycles. The van der Waals surface area contributed by atoms with Crippen LogP contribution in [0.2, 0.25) is 0 Å². The van der Waals surface area contributed by atoms with Gasteiger partial charge in [0.1, 0.15) is 0 Å². The fourth-order valence-electron chi connectivity index (χ4n) is 1.58. The molecule has 0 aliphatic carbocycles. The number of Topliss-reactive ketones (excluding diaryl/α,β-unsaturated/α-hetero) is 1. The van der Waals surface area contributed by atoms with Crippen molar-refractivity contribution >= 4 is 5.78 Å². The number of ketones is 1. The second kappa shape index (κ2) is 30.2. The molecule has 0 fully saturated rings. The van der Waals surface area contributed by atoms with Gasteiger partial charge in [-0.1, -0.05) is 91.5 Å². The third-order valence-corrected chi connectivity index (χ3v) is 3.09. The van der Waals surface area contributed by atoms with Crippen molar-refractivity contribution < 1.29 is 18.0 Å². The van der Waals surface area contributed by atoms with Crippen LogP contribution in [0.1, 0.15) is 106 Å². The monoisotopic (exact) mass is 404 g/mol. The van der Waals surface area contributed by atoms with E-state index in [1.54, 1.807) is 0 Å². The van der Waals surface area contributed by atoms with Crippen molar-refractivity contribution in [2.75, 3.05) is 0 Å². The number of unbranched alkanes of at least 4 members (excludes halogenated alkanes) is 4. The Morgan fingerprint density at radius 1 is 0.893 bits per heavy atom. The quantitative estimate of drug-likeness (QED) is 0.202. The summed E-state index contributed by atoms with van der Waals surface area (Å²) in [4.78, 5) is 10.5. The van der Waals surface area contributed by atoms with Gasteiger partial charge in [-0.2, -0.15) is 13.2 Å². The summed E-state index contributed by atoms with van der Waals surface area (Å²) in [5.41, 5.74) is 0. The van der Waals surface area contributed by atoms with E-state index in [0.29, 0.717) is 6.42 Å². The summed E-state index contributed by atoms with van der Waals surface area (Å²) < 4.78 is 35.4. The summed E-state index contributed by atoms with van der Waals surface area (Å²) >= 11 is 0. The van der Waals surface area contributed by atoms with E-state index in [1.165, 1.54) is 25.7 Å². The lowest BCUT2D eigenvalue weighted by Gasteiger charge is -2.02. The molecule has 166 valence electrons. The highest BCUT2D eigenvalue weighted by molar-refractivity contribution is 5.83. The van der Waals surface area contributed by atoms with E-state index in [1.807, 2.05) is 52.0 Å². The highest BCUT2D eigenvalue weighted by atomic mass is 19.4. The number of allylic oxidation sites excluding steroid dienone is 4. The Morgan fingerprint density at radius 2 is 1.36 bits per heavy atom. The molecule has 4 heteroatoms. The van der Waals surface area contributed by atoms with Gasteiger partial charge >= 0.3 is 6.18 Å². The van der Waals surface area contributed by atoms with E-state index in [0.717, 1.165) is 19.3 Å². The number of alkyl halides is 3. The molecule has 28 heavy (non-hydrogen) atoms. The van der Waals surface area contributed by atoms with E-state index in [9.17, 15) is 18.0 Å². The van der Waals surface area contributed by atoms with Crippen LogP contribution in [0.5, 0.6) is 0 Å². The van der Waals surface area contributed by atoms with Crippen LogP contribution in [-0.4, -0.2) is 12.0 Å². The first-order valence-electron chi connectivity index (χ1n) is 10.6. The van der Waals surface area contributed by atoms with Crippen LogP contribution in [0.25, 0.3) is 0 Å². The lowest BCUT2D eigenvalue weighted by molar-refractivity contribution is -0.171. The summed E-state index contributed by atoms with van der Waals surface area (Å²) in [5, 5.41) is 0. The molecule has 0 bridgehead atoms. The van der Waals surface area contributed by atoms with E-state index in [4.69, 9.17) is 6.42 Å². The first-order valence-corrected chi connectivity index (χ1v) is 10.6. The van der Waals surface area contributed by atoms with Crippen LogP contribution >= 0.6 is 0 Å². The Kier molecular flexibility index (Phi) is 36.8. The second-order valence-electron chi connectivity index (χ2n) is 5.66. The molecular weight excluding hydrogens is 361 g/mol. The average molecular weight is 405 g/mol. The smallest absolute Gasteiger partial charge is 0.290 e. The number of carbonyl (C=O) groups excluding carboxylic acids is 1. The Balaban J connectivity index is -0.000000197. The summed E-state index contributed by atoms with van der Waals surface area (Å²) in [7, 11) is 0. The van der Waals surface area contributed by atoms with Crippen molar-refractivity contribution in [3.05, 3.63) is 24.3 Å². The van der Waals surface area contributed by atoms with Crippen LogP contribution in [0.3, 0.4) is 0 Å². The number of halogens is 3. The zero-order valence-corrected chi connectivity index (χ0v) is 19.0. The Morgan fingerprint density at radius 3 is 1.71 bits per heavy atom. The maximum Gasteiger partial charge on any atom is 0.449 e. The van der Waals surface area contributed by atoms with Gasteiger partial charge in [-0.15, -0.1) is 12.3 Å². The predicted octanol–water partition coefficient (Wildman–Crippen LogP) is 8.84. The Bertz CT molecular complexity index is 384. The Hall–Kier alpha value is -1.50. The van der Waals surface area contributed by atoms with Gasteiger partial charge < -0.3 is 0 Å². The minimum atomic E-state index is -4.67. The summed E-state index contributed by atoms with van der Waals surface area (Å²) in [6.07, 6.45) is 16.3. The molecule has 0 radical (unpaired) electrons. The highest BCUT2D eigenvalue weighted by Gasteiger charge is 2.36. The average Bonchev–Trinajstić information content (AvgIpc) is 2.69. The van der Waals surface area contributed by atoms with Crippen molar-refractivity contribution in [3.8, 4) is 12.3 Å². The van der Waals surface area contributed by atoms with Gasteiger partial charge in [0.05, 0.1) is 0 Å². The molecule has 0 saturated heterocycles. The molecule has 0 atom stereocenters. The van der Waals surface area contributed by atoms with Gasteiger partial charge in [0.15, 0.2) is 0 Å². The van der Waals surface area contributed by atoms with E-state index in [-0.39, 0.29) is 6.42 Å². The molecule has 1 nitrogen and oxygen atoms in total. The van der Waals surface area contributed by atoms with E-state index < -0.39 is 18.4 Å². The largest absolute Gasteiger partial charge is 0.449 e. The number of hydrogen-bond donors (Lipinski definition) is 0. The standard InChI is InChI=1S/C12H17F3O.C6H14.C4H6.C2H6/c1-2-3-4-5-6-7-8-9-10-11(16)12(13,14)15;1-3-5-6-4-2;1-3-4-2;1-2/h3-4,6-7H,2,5,8-10H2,1H3;3-6H2,1-2H3;1H,4H2,2H3;1-2H3/b4-3-,7-6-;;;. The summed E-state index contributed by atoms with van der Waals surface area (Å²) in [5.74, 6) is 0.798. The third-order valence-electron chi connectivity index (χ3n) is 3.09.